The monoisotopic (exact) mass is 262 g/mol. The van der Waals surface area contributed by atoms with Gasteiger partial charge in [-0.25, -0.2) is 0 Å². The average Bonchev–Trinajstić information content (AvgIpc) is 2.27. The summed E-state index contributed by atoms with van der Waals surface area (Å²) < 4.78 is 35.8. The van der Waals surface area contributed by atoms with Crippen LogP contribution in [0, 0.1) is 0 Å². The van der Waals surface area contributed by atoms with E-state index in [1.54, 1.807) is 12.1 Å². The molecule has 6 heteroatoms. The molecule has 0 unspecified atom stereocenters. The minimum absolute atomic E-state index is 0.167. The third-order valence-corrected chi connectivity index (χ3v) is 2.68. The van der Waals surface area contributed by atoms with E-state index >= 15 is 0 Å². The predicted octanol–water partition coefficient (Wildman–Crippen LogP) is 3.44. The van der Waals surface area contributed by atoms with Gasteiger partial charge in [0.25, 0.3) is 5.78 Å². The van der Waals surface area contributed by atoms with Crippen LogP contribution in [0.25, 0.3) is 5.76 Å². The van der Waals surface area contributed by atoms with Gasteiger partial charge in [0, 0.05) is 16.5 Å². The van der Waals surface area contributed by atoms with Crippen molar-refractivity contribution in [3.63, 3.8) is 0 Å². The molecule has 92 valence electrons. The molecule has 0 aliphatic carbocycles. The normalized spacial score (nSPS) is 12.6. The number of ketones is 1. The minimum Gasteiger partial charge on any atom is -0.507 e. The number of allylic oxidation sites excluding steroid dienone is 1. The van der Waals surface area contributed by atoms with Gasteiger partial charge in [-0.3, -0.25) is 4.79 Å². The molecule has 1 aromatic rings. The Balaban J connectivity index is 2.92. The zero-order valence-electron chi connectivity index (χ0n) is 8.78. The summed E-state index contributed by atoms with van der Waals surface area (Å²) in [4.78, 5) is 11.5. The fourth-order valence-electron chi connectivity index (χ4n) is 1.05. The highest BCUT2D eigenvalue weighted by Gasteiger charge is 2.36. The van der Waals surface area contributed by atoms with Crippen molar-refractivity contribution >= 4 is 23.3 Å². The summed E-state index contributed by atoms with van der Waals surface area (Å²) >= 11 is 1.46. The highest BCUT2D eigenvalue weighted by Crippen LogP contribution is 2.21. The van der Waals surface area contributed by atoms with E-state index in [1.807, 2.05) is 6.26 Å². The fraction of sp³-hybridized carbons (Fsp3) is 0.182. The Hall–Kier alpha value is -1.43. The van der Waals surface area contributed by atoms with Crippen molar-refractivity contribution in [2.24, 2.45) is 0 Å². The Morgan fingerprint density at radius 3 is 2.24 bits per heavy atom. The number of carbonyl (C=O) groups is 1. The van der Waals surface area contributed by atoms with E-state index < -0.39 is 17.7 Å². The number of alkyl halides is 3. The SMILES string of the molecule is CSc1ccc(/C(O)=C/C(=O)C(F)(F)F)cc1. The maximum Gasteiger partial charge on any atom is 0.454 e. The molecule has 0 heterocycles. The summed E-state index contributed by atoms with van der Waals surface area (Å²) in [7, 11) is 0. The van der Waals surface area contributed by atoms with Crippen molar-refractivity contribution in [3.8, 4) is 0 Å². The molecule has 0 amide bonds. The molecule has 0 fully saturated rings. The smallest absolute Gasteiger partial charge is 0.454 e. The van der Waals surface area contributed by atoms with Gasteiger partial charge in [-0.15, -0.1) is 11.8 Å². The van der Waals surface area contributed by atoms with Gasteiger partial charge in [0.05, 0.1) is 0 Å². The van der Waals surface area contributed by atoms with Crippen molar-refractivity contribution in [1.29, 1.82) is 0 Å². The Bertz CT molecular complexity index is 435. The van der Waals surface area contributed by atoms with E-state index in [-0.39, 0.29) is 11.6 Å². The maximum atomic E-state index is 11.9. The second-order valence-electron chi connectivity index (χ2n) is 3.12. The van der Waals surface area contributed by atoms with E-state index in [0.29, 0.717) is 0 Å². The number of carbonyl (C=O) groups excluding carboxylic acids is 1. The summed E-state index contributed by atoms with van der Waals surface area (Å²) in [5.41, 5.74) is 0.167. The number of thioether (sulfide) groups is 1. The maximum absolute atomic E-state index is 11.9. The molecule has 0 aromatic heterocycles. The molecule has 1 aromatic carbocycles. The third kappa shape index (κ3) is 3.81. The Labute approximate surface area is 100 Å². The molecule has 0 saturated carbocycles. The molecular formula is C11H9F3O2S. The molecule has 2 nitrogen and oxygen atoms in total. The summed E-state index contributed by atoms with van der Waals surface area (Å²) in [5.74, 6) is -2.77. The summed E-state index contributed by atoms with van der Waals surface area (Å²) in [6.45, 7) is 0. The van der Waals surface area contributed by atoms with E-state index in [0.717, 1.165) is 4.90 Å². The van der Waals surface area contributed by atoms with Crippen LogP contribution < -0.4 is 0 Å². The van der Waals surface area contributed by atoms with Gasteiger partial charge in [0.2, 0.25) is 0 Å². The molecule has 0 radical (unpaired) electrons. The van der Waals surface area contributed by atoms with Crippen LogP contribution in [0.2, 0.25) is 0 Å². The van der Waals surface area contributed by atoms with Crippen LogP contribution in [0.15, 0.2) is 35.2 Å². The molecule has 0 bridgehead atoms. The largest absolute Gasteiger partial charge is 0.507 e. The van der Waals surface area contributed by atoms with Gasteiger partial charge in [-0.1, -0.05) is 12.1 Å². The van der Waals surface area contributed by atoms with Crippen molar-refractivity contribution in [3.05, 3.63) is 35.9 Å². The van der Waals surface area contributed by atoms with Crippen LogP contribution in [0.1, 0.15) is 5.56 Å². The van der Waals surface area contributed by atoms with Crippen LogP contribution in [0.5, 0.6) is 0 Å². The highest BCUT2D eigenvalue weighted by atomic mass is 32.2. The minimum atomic E-state index is -4.97. The van der Waals surface area contributed by atoms with Gasteiger partial charge in [0.15, 0.2) is 0 Å². The molecule has 1 N–H and O–H groups in total. The standard InChI is InChI=1S/C11H9F3O2S/c1-17-8-4-2-7(3-5-8)9(15)6-10(16)11(12,13)14/h2-6,15H,1H3/b9-6-. The van der Waals surface area contributed by atoms with E-state index in [2.05, 4.69) is 0 Å². The Morgan fingerprint density at radius 2 is 1.82 bits per heavy atom. The quantitative estimate of drug-likeness (QED) is 0.515. The van der Waals surface area contributed by atoms with Crippen LogP contribution in [0.3, 0.4) is 0 Å². The number of hydrogen-bond acceptors (Lipinski definition) is 3. The molecule has 0 aliphatic heterocycles. The molecule has 0 aliphatic rings. The fourth-order valence-corrected chi connectivity index (χ4v) is 1.46. The summed E-state index contributed by atoms with van der Waals surface area (Å²) in [6.07, 6.45) is -2.95. The molecule has 0 saturated heterocycles. The Kier molecular flexibility index (Phi) is 4.22. The first-order valence-corrected chi connectivity index (χ1v) is 5.73. The number of halogens is 3. The van der Waals surface area contributed by atoms with Gasteiger partial charge < -0.3 is 5.11 Å². The Morgan fingerprint density at radius 1 is 1.29 bits per heavy atom. The first-order valence-electron chi connectivity index (χ1n) is 4.51. The van der Waals surface area contributed by atoms with E-state index in [4.69, 9.17) is 0 Å². The molecular weight excluding hydrogens is 253 g/mol. The second-order valence-corrected chi connectivity index (χ2v) is 4.00. The lowest BCUT2D eigenvalue weighted by Gasteiger charge is -2.03. The van der Waals surface area contributed by atoms with Crippen molar-refractivity contribution in [2.45, 2.75) is 11.1 Å². The first-order chi connectivity index (χ1) is 7.84. The van der Waals surface area contributed by atoms with Gasteiger partial charge >= 0.3 is 6.18 Å². The van der Waals surface area contributed by atoms with Crippen LogP contribution >= 0.6 is 11.8 Å². The number of aliphatic hydroxyl groups excluding tert-OH is 1. The zero-order valence-corrected chi connectivity index (χ0v) is 9.60. The summed E-state index contributed by atoms with van der Waals surface area (Å²) in [5, 5.41) is 9.35. The summed E-state index contributed by atoms with van der Waals surface area (Å²) in [6, 6.07) is 6.17. The molecule has 0 spiro atoms. The van der Waals surface area contributed by atoms with Gasteiger partial charge in [0.1, 0.15) is 5.76 Å². The highest BCUT2D eigenvalue weighted by molar-refractivity contribution is 7.98. The molecule has 1 rings (SSSR count). The number of aliphatic hydroxyl groups is 1. The molecule has 17 heavy (non-hydrogen) atoms. The lowest BCUT2D eigenvalue weighted by molar-refractivity contribution is -0.165. The lowest BCUT2D eigenvalue weighted by atomic mass is 10.1. The van der Waals surface area contributed by atoms with Crippen LogP contribution in [-0.2, 0) is 4.79 Å². The first kappa shape index (κ1) is 13.6. The number of hydrogen-bond donors (Lipinski definition) is 1. The zero-order chi connectivity index (χ0) is 13.1. The van der Waals surface area contributed by atoms with Gasteiger partial charge in [-0.2, -0.15) is 13.2 Å². The average molecular weight is 262 g/mol. The number of rotatable bonds is 3. The second kappa shape index (κ2) is 5.27. The van der Waals surface area contributed by atoms with Crippen molar-refractivity contribution < 1.29 is 23.1 Å². The van der Waals surface area contributed by atoms with Crippen LogP contribution in [0.4, 0.5) is 13.2 Å². The number of benzene rings is 1. The third-order valence-electron chi connectivity index (χ3n) is 1.93. The van der Waals surface area contributed by atoms with Crippen molar-refractivity contribution in [2.75, 3.05) is 6.26 Å². The van der Waals surface area contributed by atoms with Gasteiger partial charge in [-0.05, 0) is 18.4 Å². The topological polar surface area (TPSA) is 37.3 Å². The van der Waals surface area contributed by atoms with Crippen LogP contribution in [-0.4, -0.2) is 23.3 Å². The van der Waals surface area contributed by atoms with Crippen molar-refractivity contribution in [1.82, 2.24) is 0 Å². The molecule has 0 atom stereocenters. The van der Waals surface area contributed by atoms with E-state index in [9.17, 15) is 23.1 Å². The predicted molar refractivity (Wildman–Crippen MR) is 59.9 cm³/mol. The van der Waals surface area contributed by atoms with E-state index in [1.165, 1.54) is 23.9 Å². The lowest BCUT2D eigenvalue weighted by Crippen LogP contribution is -2.20.